The Labute approximate surface area is 147 Å². The lowest BCUT2D eigenvalue weighted by Gasteiger charge is -2.14. The number of carbonyl (C=O) groups is 1. The average Bonchev–Trinajstić information content (AvgIpc) is 3.08. The lowest BCUT2D eigenvalue weighted by atomic mass is 10.0. The van der Waals surface area contributed by atoms with E-state index in [-0.39, 0.29) is 5.91 Å². The molecule has 5 nitrogen and oxygen atoms in total. The Morgan fingerprint density at radius 3 is 2.20 bits per heavy atom. The molecule has 3 aromatic rings. The first-order valence-corrected chi connectivity index (χ1v) is 8.45. The summed E-state index contributed by atoms with van der Waals surface area (Å²) in [7, 11) is 0. The Morgan fingerprint density at radius 2 is 1.68 bits per heavy atom. The first-order chi connectivity index (χ1) is 12.1. The first-order valence-electron chi connectivity index (χ1n) is 8.45. The maximum atomic E-state index is 12.6. The number of rotatable bonds is 5. The third-order valence-electron chi connectivity index (χ3n) is 4.16. The van der Waals surface area contributed by atoms with Gasteiger partial charge in [0, 0.05) is 16.8 Å². The molecule has 0 radical (unpaired) electrons. The zero-order valence-electron chi connectivity index (χ0n) is 14.7. The summed E-state index contributed by atoms with van der Waals surface area (Å²) >= 11 is 0. The van der Waals surface area contributed by atoms with Gasteiger partial charge in [0.2, 0.25) is 0 Å². The van der Waals surface area contributed by atoms with Gasteiger partial charge in [-0.2, -0.15) is 4.98 Å². The van der Waals surface area contributed by atoms with E-state index >= 15 is 0 Å². The molecule has 128 valence electrons. The van der Waals surface area contributed by atoms with E-state index in [9.17, 15) is 4.79 Å². The molecule has 1 amide bonds. The minimum atomic E-state index is -0.121. The fourth-order valence-electron chi connectivity index (χ4n) is 2.77. The lowest BCUT2D eigenvalue weighted by molar-refractivity contribution is 0.102. The summed E-state index contributed by atoms with van der Waals surface area (Å²) in [5.74, 6) is 0.915. The van der Waals surface area contributed by atoms with Crippen molar-refractivity contribution in [1.82, 2.24) is 10.1 Å². The van der Waals surface area contributed by atoms with E-state index in [0.717, 1.165) is 35.2 Å². The minimum absolute atomic E-state index is 0.121. The van der Waals surface area contributed by atoms with E-state index in [4.69, 9.17) is 4.52 Å². The molecule has 0 unspecified atom stereocenters. The van der Waals surface area contributed by atoms with Crippen molar-refractivity contribution in [3.63, 3.8) is 0 Å². The van der Waals surface area contributed by atoms with E-state index in [1.54, 1.807) is 19.1 Å². The number of aryl methyl sites for hydroxylation is 3. The molecule has 5 heteroatoms. The van der Waals surface area contributed by atoms with Gasteiger partial charge in [0.1, 0.15) is 0 Å². The van der Waals surface area contributed by atoms with Crippen LogP contribution in [-0.2, 0) is 12.8 Å². The highest BCUT2D eigenvalue weighted by molar-refractivity contribution is 6.05. The van der Waals surface area contributed by atoms with Gasteiger partial charge < -0.3 is 9.84 Å². The van der Waals surface area contributed by atoms with Crippen LogP contribution in [0.3, 0.4) is 0 Å². The van der Waals surface area contributed by atoms with Crippen molar-refractivity contribution in [2.45, 2.75) is 33.6 Å². The van der Waals surface area contributed by atoms with Gasteiger partial charge in [-0.3, -0.25) is 4.79 Å². The molecule has 0 bridgehead atoms. The van der Waals surface area contributed by atoms with Gasteiger partial charge in [-0.25, -0.2) is 0 Å². The number of hydrogen-bond acceptors (Lipinski definition) is 4. The van der Waals surface area contributed by atoms with Gasteiger partial charge in [-0.1, -0.05) is 37.2 Å². The van der Waals surface area contributed by atoms with Crippen molar-refractivity contribution in [1.29, 1.82) is 0 Å². The second-order valence-electron chi connectivity index (χ2n) is 5.84. The molecule has 2 aromatic carbocycles. The Bertz CT molecular complexity index is 860. The highest BCUT2D eigenvalue weighted by Crippen LogP contribution is 2.24. The highest BCUT2D eigenvalue weighted by Gasteiger charge is 2.13. The van der Waals surface area contributed by atoms with E-state index < -0.39 is 0 Å². The molecule has 0 aliphatic heterocycles. The Morgan fingerprint density at radius 1 is 1.04 bits per heavy atom. The molecular weight excluding hydrogens is 314 g/mol. The Kier molecular flexibility index (Phi) is 4.93. The molecule has 0 aliphatic carbocycles. The highest BCUT2D eigenvalue weighted by atomic mass is 16.5. The molecule has 3 rings (SSSR count). The fraction of sp³-hybridized carbons (Fsp3) is 0.250. The lowest BCUT2D eigenvalue weighted by Crippen LogP contribution is -2.14. The van der Waals surface area contributed by atoms with Crippen molar-refractivity contribution < 1.29 is 9.32 Å². The smallest absolute Gasteiger partial charge is 0.257 e. The monoisotopic (exact) mass is 335 g/mol. The number of carbonyl (C=O) groups excluding carboxylic acids is 1. The third-order valence-corrected chi connectivity index (χ3v) is 4.16. The van der Waals surface area contributed by atoms with Crippen LogP contribution in [0, 0.1) is 6.92 Å². The molecule has 0 atom stereocenters. The number of amides is 1. The van der Waals surface area contributed by atoms with Crippen LogP contribution in [0.5, 0.6) is 0 Å². The molecule has 0 fully saturated rings. The summed E-state index contributed by atoms with van der Waals surface area (Å²) in [6.45, 7) is 5.95. The van der Waals surface area contributed by atoms with Gasteiger partial charge in [-0.15, -0.1) is 0 Å². The standard InChI is InChI=1S/C20H21N3O2/c1-4-14-7-6-8-15(5-2)18(14)22-19(24)16-9-11-17(12-10-16)20-21-13(3)23-25-20/h6-12H,4-5H2,1-3H3,(H,22,24). The van der Waals surface area contributed by atoms with Crippen LogP contribution in [0.2, 0.25) is 0 Å². The molecule has 1 aromatic heterocycles. The summed E-state index contributed by atoms with van der Waals surface area (Å²) in [5.41, 5.74) is 4.60. The summed E-state index contributed by atoms with van der Waals surface area (Å²) in [6, 6.07) is 13.3. The number of nitrogens with one attached hydrogen (secondary N) is 1. The van der Waals surface area contributed by atoms with Crippen LogP contribution < -0.4 is 5.32 Å². The molecule has 0 saturated carbocycles. The number of hydrogen-bond donors (Lipinski definition) is 1. The number of anilines is 1. The van der Waals surface area contributed by atoms with Crippen LogP contribution in [0.25, 0.3) is 11.5 Å². The second-order valence-corrected chi connectivity index (χ2v) is 5.84. The zero-order valence-corrected chi connectivity index (χ0v) is 14.7. The van der Waals surface area contributed by atoms with E-state index in [2.05, 4.69) is 41.4 Å². The fourth-order valence-corrected chi connectivity index (χ4v) is 2.77. The van der Waals surface area contributed by atoms with Gasteiger partial charge in [0.05, 0.1) is 0 Å². The molecule has 0 spiro atoms. The van der Waals surface area contributed by atoms with Crippen molar-refractivity contribution in [2.24, 2.45) is 0 Å². The van der Waals surface area contributed by atoms with Crippen LogP contribution >= 0.6 is 0 Å². The Balaban J connectivity index is 1.82. The number of para-hydroxylation sites is 1. The van der Waals surface area contributed by atoms with Crippen LogP contribution in [-0.4, -0.2) is 16.0 Å². The molecule has 25 heavy (non-hydrogen) atoms. The first kappa shape index (κ1) is 16.9. The summed E-state index contributed by atoms with van der Waals surface area (Å²) < 4.78 is 5.15. The second kappa shape index (κ2) is 7.30. The zero-order chi connectivity index (χ0) is 17.8. The predicted octanol–water partition coefficient (Wildman–Crippen LogP) is 4.42. The number of nitrogens with zero attached hydrogens (tertiary/aromatic N) is 2. The van der Waals surface area contributed by atoms with Crippen molar-refractivity contribution >= 4 is 11.6 Å². The number of aromatic nitrogens is 2. The van der Waals surface area contributed by atoms with Crippen LogP contribution in [0.4, 0.5) is 5.69 Å². The molecule has 1 N–H and O–H groups in total. The summed E-state index contributed by atoms with van der Waals surface area (Å²) in [5, 5.41) is 6.85. The van der Waals surface area contributed by atoms with Gasteiger partial charge in [0.15, 0.2) is 5.82 Å². The number of benzene rings is 2. The van der Waals surface area contributed by atoms with Gasteiger partial charge >= 0.3 is 0 Å². The topological polar surface area (TPSA) is 68.0 Å². The van der Waals surface area contributed by atoms with E-state index in [1.165, 1.54) is 0 Å². The van der Waals surface area contributed by atoms with E-state index in [0.29, 0.717) is 17.3 Å². The molecule has 0 saturated heterocycles. The van der Waals surface area contributed by atoms with Crippen molar-refractivity contribution in [3.8, 4) is 11.5 Å². The maximum Gasteiger partial charge on any atom is 0.257 e. The molecule has 1 heterocycles. The largest absolute Gasteiger partial charge is 0.334 e. The minimum Gasteiger partial charge on any atom is -0.334 e. The van der Waals surface area contributed by atoms with Crippen molar-refractivity contribution in [3.05, 3.63) is 65.0 Å². The maximum absolute atomic E-state index is 12.6. The van der Waals surface area contributed by atoms with E-state index in [1.807, 2.05) is 18.2 Å². The molecule has 0 aliphatic rings. The third kappa shape index (κ3) is 3.60. The van der Waals surface area contributed by atoms with Crippen molar-refractivity contribution in [2.75, 3.05) is 5.32 Å². The summed E-state index contributed by atoms with van der Waals surface area (Å²) in [6.07, 6.45) is 1.75. The van der Waals surface area contributed by atoms with Gasteiger partial charge in [-0.05, 0) is 55.2 Å². The normalized spacial score (nSPS) is 10.7. The SMILES string of the molecule is CCc1cccc(CC)c1NC(=O)c1ccc(-c2nc(C)no2)cc1. The average molecular weight is 335 g/mol. The quantitative estimate of drug-likeness (QED) is 0.749. The summed E-state index contributed by atoms with van der Waals surface area (Å²) in [4.78, 5) is 16.8. The van der Waals surface area contributed by atoms with Gasteiger partial charge in [0.25, 0.3) is 11.8 Å². The molecular formula is C20H21N3O2. The predicted molar refractivity (Wildman–Crippen MR) is 97.6 cm³/mol. The van der Waals surface area contributed by atoms with Crippen LogP contribution in [0.15, 0.2) is 47.0 Å². The Hall–Kier alpha value is -2.95. The van der Waals surface area contributed by atoms with Crippen LogP contribution in [0.1, 0.15) is 41.2 Å².